The zero-order valence-corrected chi connectivity index (χ0v) is 9.76. The topological polar surface area (TPSA) is 75.1 Å². The summed E-state index contributed by atoms with van der Waals surface area (Å²) >= 11 is 5.88. The summed E-state index contributed by atoms with van der Waals surface area (Å²) in [4.78, 5) is 14.9. The normalized spacial score (nSPS) is 9.69. The molecule has 0 aliphatic heterocycles. The number of carbonyl (C=O) groups excluding carboxylic acids is 1. The molecule has 1 amide bonds. The Morgan fingerprint density at radius 1 is 1.69 bits per heavy atom. The van der Waals surface area contributed by atoms with Gasteiger partial charge in [0.15, 0.2) is 0 Å². The van der Waals surface area contributed by atoms with E-state index in [1.54, 1.807) is 6.07 Å². The van der Waals surface area contributed by atoms with Crippen molar-refractivity contribution in [3.05, 3.63) is 28.5 Å². The van der Waals surface area contributed by atoms with E-state index in [1.807, 2.05) is 6.92 Å². The Bertz CT molecular complexity index is 421. The second kappa shape index (κ2) is 5.46. The molecule has 2 N–H and O–H groups in total. The minimum atomic E-state index is -0.681. The molecular weight excluding hydrogens is 230 g/mol. The van der Waals surface area contributed by atoms with Gasteiger partial charge in [-0.25, -0.2) is 9.78 Å². The van der Waals surface area contributed by atoms with Crippen LogP contribution in [0.3, 0.4) is 0 Å². The molecule has 0 spiro atoms. The molecule has 6 heteroatoms. The fourth-order valence-corrected chi connectivity index (χ4v) is 1.51. The third-order valence-corrected chi connectivity index (χ3v) is 2.33. The quantitative estimate of drug-likeness (QED) is 0.472. The molecule has 0 fully saturated rings. The maximum absolute atomic E-state index is 11.0. The predicted molar refractivity (Wildman–Crippen MR) is 61.0 cm³/mol. The Kier molecular flexibility index (Phi) is 4.25. The van der Waals surface area contributed by atoms with Gasteiger partial charge in [-0.2, -0.15) is 0 Å². The summed E-state index contributed by atoms with van der Waals surface area (Å²) < 4.78 is 4.73. The number of carbonyl (C=O) groups is 1. The lowest BCUT2D eigenvalue weighted by atomic mass is 10.1. The van der Waals surface area contributed by atoms with Gasteiger partial charge in [0.2, 0.25) is 5.90 Å². The molecule has 1 aromatic rings. The Morgan fingerprint density at radius 3 is 2.94 bits per heavy atom. The number of hydrogen-bond donors (Lipinski definition) is 2. The summed E-state index contributed by atoms with van der Waals surface area (Å²) in [5.41, 5.74) is 1.17. The maximum atomic E-state index is 11.0. The second-order valence-electron chi connectivity index (χ2n) is 2.95. The first-order chi connectivity index (χ1) is 7.60. The molecule has 86 valence electrons. The van der Waals surface area contributed by atoms with E-state index in [1.165, 1.54) is 13.2 Å². The number of rotatable bonds is 2. The molecule has 1 aromatic heterocycles. The Balaban J connectivity index is 2.99. The lowest BCUT2D eigenvalue weighted by Gasteiger charge is -2.09. The van der Waals surface area contributed by atoms with Crippen LogP contribution in [0.5, 0.6) is 0 Å². The number of amides is 1. The number of aromatic nitrogens is 1. The van der Waals surface area contributed by atoms with Crippen LogP contribution in [0.4, 0.5) is 4.79 Å². The van der Waals surface area contributed by atoms with Crippen molar-refractivity contribution in [3.8, 4) is 0 Å². The number of alkyl carbamates (subject to hydrolysis) is 1. The predicted octanol–water partition coefficient (Wildman–Crippen LogP) is 1.98. The summed E-state index contributed by atoms with van der Waals surface area (Å²) in [6, 6.07) is 1.59. The van der Waals surface area contributed by atoms with Crippen molar-refractivity contribution in [1.82, 2.24) is 10.3 Å². The van der Waals surface area contributed by atoms with Gasteiger partial charge in [0.25, 0.3) is 0 Å². The van der Waals surface area contributed by atoms with Crippen molar-refractivity contribution in [3.63, 3.8) is 0 Å². The number of hydrogen-bond acceptors (Lipinski definition) is 4. The molecule has 0 saturated heterocycles. The monoisotopic (exact) mass is 241 g/mol. The first kappa shape index (κ1) is 12.4. The highest BCUT2D eigenvalue weighted by molar-refractivity contribution is 6.30. The largest absolute Gasteiger partial charge is 0.413 e. The van der Waals surface area contributed by atoms with E-state index in [0.29, 0.717) is 22.7 Å². The Morgan fingerprint density at radius 2 is 2.38 bits per heavy atom. The molecule has 0 radical (unpaired) electrons. The van der Waals surface area contributed by atoms with E-state index in [9.17, 15) is 4.79 Å². The molecule has 0 saturated carbocycles. The molecule has 1 heterocycles. The van der Waals surface area contributed by atoms with Crippen LogP contribution >= 0.6 is 11.6 Å². The lowest BCUT2D eigenvalue weighted by molar-refractivity contribution is 0.199. The summed E-state index contributed by atoms with van der Waals surface area (Å²) in [5, 5.41) is 10.2. The van der Waals surface area contributed by atoms with E-state index in [0.717, 1.165) is 0 Å². The van der Waals surface area contributed by atoms with Gasteiger partial charge in [0.05, 0.1) is 0 Å². The lowest BCUT2D eigenvalue weighted by Crippen LogP contribution is -2.23. The highest BCUT2D eigenvalue weighted by Gasteiger charge is 2.14. The molecule has 0 aromatic carbocycles. The van der Waals surface area contributed by atoms with Crippen molar-refractivity contribution in [2.24, 2.45) is 0 Å². The van der Waals surface area contributed by atoms with E-state index >= 15 is 0 Å². The van der Waals surface area contributed by atoms with Crippen LogP contribution in [-0.4, -0.2) is 24.0 Å². The van der Waals surface area contributed by atoms with Crippen LogP contribution in [0.2, 0.25) is 5.15 Å². The van der Waals surface area contributed by atoms with Gasteiger partial charge in [-0.3, -0.25) is 5.41 Å². The molecule has 16 heavy (non-hydrogen) atoms. The van der Waals surface area contributed by atoms with Crippen molar-refractivity contribution in [1.29, 1.82) is 5.41 Å². The van der Waals surface area contributed by atoms with Crippen LogP contribution in [0, 0.1) is 5.41 Å². The van der Waals surface area contributed by atoms with Gasteiger partial charge in [-0.1, -0.05) is 18.5 Å². The van der Waals surface area contributed by atoms with Gasteiger partial charge in [-0.05, 0) is 12.5 Å². The number of nitrogens with zero attached hydrogens (tertiary/aromatic N) is 1. The molecule has 5 nitrogen and oxygen atoms in total. The van der Waals surface area contributed by atoms with Crippen LogP contribution in [-0.2, 0) is 11.2 Å². The fourth-order valence-electron chi connectivity index (χ4n) is 1.21. The van der Waals surface area contributed by atoms with E-state index < -0.39 is 6.09 Å². The zero-order chi connectivity index (χ0) is 12.1. The van der Waals surface area contributed by atoms with Crippen LogP contribution in [0.25, 0.3) is 0 Å². The van der Waals surface area contributed by atoms with Crippen LogP contribution < -0.4 is 5.32 Å². The molecule has 1 rings (SSSR count). The summed E-state index contributed by atoms with van der Waals surface area (Å²) in [6.07, 6.45) is 1.40. The first-order valence-electron chi connectivity index (χ1n) is 4.72. The summed E-state index contributed by atoms with van der Waals surface area (Å²) in [5.74, 6) is -0.236. The standard InChI is InChI=1S/C10H12ClN3O2/c1-3-6-7(4-5-14-8(6)11)9(12)16-10(15)13-2/h4-5,12H,3H2,1-2H3,(H,13,15). The van der Waals surface area contributed by atoms with E-state index in [2.05, 4.69) is 10.3 Å². The molecular formula is C10H12ClN3O2. The smallest absolute Gasteiger partial charge is 0.391 e. The maximum Gasteiger partial charge on any atom is 0.413 e. The zero-order valence-electron chi connectivity index (χ0n) is 9.00. The van der Waals surface area contributed by atoms with Gasteiger partial charge >= 0.3 is 6.09 Å². The van der Waals surface area contributed by atoms with Gasteiger partial charge in [0.1, 0.15) is 5.15 Å². The van der Waals surface area contributed by atoms with Crippen molar-refractivity contribution in [2.75, 3.05) is 7.05 Å². The fraction of sp³-hybridized carbons (Fsp3) is 0.300. The summed E-state index contributed by atoms with van der Waals surface area (Å²) in [7, 11) is 1.43. The number of ether oxygens (including phenoxy) is 1. The van der Waals surface area contributed by atoms with E-state index in [4.69, 9.17) is 21.7 Å². The minimum Gasteiger partial charge on any atom is -0.391 e. The molecule has 0 aliphatic carbocycles. The first-order valence-corrected chi connectivity index (χ1v) is 5.09. The van der Waals surface area contributed by atoms with Crippen molar-refractivity contribution in [2.45, 2.75) is 13.3 Å². The van der Waals surface area contributed by atoms with Crippen LogP contribution in [0.1, 0.15) is 18.1 Å². The van der Waals surface area contributed by atoms with Gasteiger partial charge in [-0.15, -0.1) is 0 Å². The molecule has 0 atom stereocenters. The third-order valence-electron chi connectivity index (χ3n) is 2.00. The number of halogens is 1. The van der Waals surface area contributed by atoms with Crippen molar-refractivity contribution >= 4 is 23.6 Å². The summed E-state index contributed by atoms with van der Waals surface area (Å²) in [6.45, 7) is 1.89. The molecule has 0 aliphatic rings. The number of nitrogens with one attached hydrogen (secondary N) is 2. The highest BCUT2D eigenvalue weighted by Crippen LogP contribution is 2.18. The molecule has 0 unspecified atom stereocenters. The average Bonchev–Trinajstić information content (AvgIpc) is 2.28. The van der Waals surface area contributed by atoms with Gasteiger partial charge in [0, 0.05) is 24.4 Å². The average molecular weight is 242 g/mol. The minimum absolute atomic E-state index is 0.236. The Hall–Kier alpha value is -1.62. The van der Waals surface area contributed by atoms with E-state index in [-0.39, 0.29) is 5.90 Å². The van der Waals surface area contributed by atoms with Crippen molar-refractivity contribution < 1.29 is 9.53 Å². The molecule has 0 bridgehead atoms. The second-order valence-corrected chi connectivity index (χ2v) is 3.31. The Labute approximate surface area is 98.3 Å². The number of pyridine rings is 1. The van der Waals surface area contributed by atoms with Gasteiger partial charge < -0.3 is 10.1 Å². The SMILES string of the molecule is CCc1c(C(=N)OC(=O)NC)ccnc1Cl. The third kappa shape index (κ3) is 2.70. The van der Waals surface area contributed by atoms with Crippen LogP contribution in [0.15, 0.2) is 12.3 Å². The highest BCUT2D eigenvalue weighted by atomic mass is 35.5.